The van der Waals surface area contributed by atoms with Crippen LogP contribution in [-0.2, 0) is 0 Å². The Morgan fingerprint density at radius 1 is 1.54 bits per heavy atom. The first-order valence-electron chi connectivity index (χ1n) is 3.97. The third kappa shape index (κ3) is 3.03. The molecule has 1 aromatic rings. The van der Waals surface area contributed by atoms with Gasteiger partial charge < -0.3 is 5.32 Å². The SMILES string of the molecule is C=C(Cl)CNc1cnc(C)c(C)n1. The number of halogens is 1. The topological polar surface area (TPSA) is 37.8 Å². The molecule has 0 radical (unpaired) electrons. The van der Waals surface area contributed by atoms with Crippen molar-refractivity contribution < 1.29 is 0 Å². The lowest BCUT2D eigenvalue weighted by Crippen LogP contribution is -2.05. The van der Waals surface area contributed by atoms with E-state index < -0.39 is 0 Å². The normalized spacial score (nSPS) is 9.77. The molecule has 0 amide bonds. The van der Waals surface area contributed by atoms with E-state index in [0.717, 1.165) is 17.2 Å². The summed E-state index contributed by atoms with van der Waals surface area (Å²) in [5, 5.41) is 3.56. The predicted molar refractivity (Wildman–Crippen MR) is 55.0 cm³/mol. The Kier molecular flexibility index (Phi) is 3.25. The first-order valence-corrected chi connectivity index (χ1v) is 4.35. The number of aryl methyl sites for hydroxylation is 2. The minimum atomic E-state index is 0.513. The molecule has 0 saturated carbocycles. The summed E-state index contributed by atoms with van der Waals surface area (Å²) in [4.78, 5) is 8.43. The zero-order chi connectivity index (χ0) is 9.84. The van der Waals surface area contributed by atoms with Crippen molar-refractivity contribution in [2.24, 2.45) is 0 Å². The second-order valence-electron chi connectivity index (χ2n) is 2.80. The molecule has 0 atom stereocenters. The van der Waals surface area contributed by atoms with Crippen molar-refractivity contribution in [2.75, 3.05) is 11.9 Å². The number of hydrogen-bond donors (Lipinski definition) is 1. The quantitative estimate of drug-likeness (QED) is 0.808. The summed E-state index contributed by atoms with van der Waals surface area (Å²) in [7, 11) is 0. The van der Waals surface area contributed by atoms with Crippen molar-refractivity contribution >= 4 is 17.4 Å². The predicted octanol–water partition coefficient (Wildman–Crippen LogP) is 2.26. The van der Waals surface area contributed by atoms with Gasteiger partial charge in [0.15, 0.2) is 0 Å². The van der Waals surface area contributed by atoms with E-state index in [1.54, 1.807) is 6.20 Å². The highest BCUT2D eigenvalue weighted by atomic mass is 35.5. The smallest absolute Gasteiger partial charge is 0.145 e. The first kappa shape index (κ1) is 9.99. The van der Waals surface area contributed by atoms with Gasteiger partial charge in [-0.3, -0.25) is 4.98 Å². The summed E-state index contributed by atoms with van der Waals surface area (Å²) in [5.41, 5.74) is 1.86. The zero-order valence-corrected chi connectivity index (χ0v) is 8.52. The van der Waals surface area contributed by atoms with Crippen LogP contribution in [0.15, 0.2) is 17.8 Å². The van der Waals surface area contributed by atoms with Gasteiger partial charge in [0, 0.05) is 5.03 Å². The molecule has 1 aromatic heterocycles. The second-order valence-corrected chi connectivity index (χ2v) is 3.33. The summed E-state index contributed by atoms with van der Waals surface area (Å²) in [5.74, 6) is 0.727. The van der Waals surface area contributed by atoms with E-state index in [0.29, 0.717) is 11.6 Å². The van der Waals surface area contributed by atoms with E-state index >= 15 is 0 Å². The molecular weight excluding hydrogens is 186 g/mol. The zero-order valence-electron chi connectivity index (χ0n) is 7.76. The third-order valence-corrected chi connectivity index (χ3v) is 1.79. The molecule has 0 spiro atoms. The van der Waals surface area contributed by atoms with Crippen LogP contribution in [-0.4, -0.2) is 16.5 Å². The highest BCUT2D eigenvalue weighted by Crippen LogP contribution is 2.06. The van der Waals surface area contributed by atoms with E-state index in [4.69, 9.17) is 11.6 Å². The first-order chi connectivity index (χ1) is 6.09. The van der Waals surface area contributed by atoms with Crippen LogP contribution in [0.25, 0.3) is 0 Å². The molecule has 1 rings (SSSR count). The molecule has 0 saturated heterocycles. The van der Waals surface area contributed by atoms with Crippen LogP contribution in [0.2, 0.25) is 0 Å². The van der Waals surface area contributed by atoms with Crippen molar-refractivity contribution in [1.82, 2.24) is 9.97 Å². The van der Waals surface area contributed by atoms with Crippen molar-refractivity contribution in [2.45, 2.75) is 13.8 Å². The molecular formula is C9H12ClN3. The lowest BCUT2D eigenvalue weighted by molar-refractivity contribution is 1.04. The summed E-state index contributed by atoms with van der Waals surface area (Å²) >= 11 is 5.59. The molecule has 0 aliphatic heterocycles. The number of nitrogens with one attached hydrogen (secondary N) is 1. The van der Waals surface area contributed by atoms with E-state index in [1.807, 2.05) is 13.8 Å². The monoisotopic (exact) mass is 197 g/mol. The average molecular weight is 198 g/mol. The Morgan fingerprint density at radius 2 is 2.23 bits per heavy atom. The van der Waals surface area contributed by atoms with Crippen LogP contribution in [0.5, 0.6) is 0 Å². The lowest BCUT2D eigenvalue weighted by Gasteiger charge is -2.05. The van der Waals surface area contributed by atoms with Gasteiger partial charge >= 0.3 is 0 Å². The van der Waals surface area contributed by atoms with Crippen LogP contribution in [0, 0.1) is 13.8 Å². The van der Waals surface area contributed by atoms with Gasteiger partial charge in [0.2, 0.25) is 0 Å². The maximum atomic E-state index is 5.59. The second kappa shape index (κ2) is 4.23. The minimum Gasteiger partial charge on any atom is -0.364 e. The molecule has 70 valence electrons. The van der Waals surface area contributed by atoms with Crippen molar-refractivity contribution in [3.8, 4) is 0 Å². The molecule has 0 aromatic carbocycles. The van der Waals surface area contributed by atoms with E-state index in [2.05, 4.69) is 21.9 Å². The molecule has 0 aliphatic carbocycles. The molecule has 0 fully saturated rings. The number of aromatic nitrogens is 2. The number of nitrogens with zero attached hydrogens (tertiary/aromatic N) is 2. The van der Waals surface area contributed by atoms with Crippen LogP contribution >= 0.6 is 11.6 Å². The van der Waals surface area contributed by atoms with Gasteiger partial charge in [0.25, 0.3) is 0 Å². The number of hydrogen-bond acceptors (Lipinski definition) is 3. The van der Waals surface area contributed by atoms with Gasteiger partial charge in [0.1, 0.15) is 5.82 Å². The fourth-order valence-electron chi connectivity index (χ4n) is 0.813. The summed E-state index contributed by atoms with van der Waals surface area (Å²) in [6.45, 7) is 7.92. The fraction of sp³-hybridized carbons (Fsp3) is 0.333. The maximum absolute atomic E-state index is 5.59. The Labute approximate surface area is 82.9 Å². The van der Waals surface area contributed by atoms with Gasteiger partial charge in [-0.1, -0.05) is 18.2 Å². The molecule has 0 aliphatic rings. The summed E-state index contributed by atoms with van der Waals surface area (Å²) in [6, 6.07) is 0. The van der Waals surface area contributed by atoms with E-state index in [1.165, 1.54) is 0 Å². The maximum Gasteiger partial charge on any atom is 0.145 e. The molecule has 0 unspecified atom stereocenters. The van der Waals surface area contributed by atoms with Gasteiger partial charge in [-0.25, -0.2) is 4.98 Å². The Bertz CT molecular complexity index is 323. The standard InChI is InChI=1S/C9H12ClN3/c1-6(10)4-12-9-5-11-7(2)8(3)13-9/h5H,1,4H2,2-3H3,(H,12,13). The van der Waals surface area contributed by atoms with E-state index in [-0.39, 0.29) is 0 Å². The van der Waals surface area contributed by atoms with Gasteiger partial charge in [-0.05, 0) is 13.8 Å². The van der Waals surface area contributed by atoms with Crippen LogP contribution in [0.1, 0.15) is 11.4 Å². The van der Waals surface area contributed by atoms with E-state index in [9.17, 15) is 0 Å². The summed E-state index contributed by atoms with van der Waals surface area (Å²) < 4.78 is 0. The Hall–Kier alpha value is -1.09. The molecule has 1 N–H and O–H groups in total. The Morgan fingerprint density at radius 3 is 2.77 bits per heavy atom. The molecule has 3 nitrogen and oxygen atoms in total. The third-order valence-electron chi connectivity index (χ3n) is 1.65. The largest absolute Gasteiger partial charge is 0.364 e. The molecule has 4 heteroatoms. The van der Waals surface area contributed by atoms with Gasteiger partial charge in [-0.15, -0.1) is 0 Å². The van der Waals surface area contributed by atoms with Crippen molar-refractivity contribution in [3.63, 3.8) is 0 Å². The minimum absolute atomic E-state index is 0.513. The van der Waals surface area contributed by atoms with Crippen molar-refractivity contribution in [1.29, 1.82) is 0 Å². The summed E-state index contributed by atoms with van der Waals surface area (Å²) in [6.07, 6.45) is 1.68. The number of anilines is 1. The van der Waals surface area contributed by atoms with Crippen LogP contribution < -0.4 is 5.32 Å². The highest BCUT2D eigenvalue weighted by Gasteiger charge is 1.98. The van der Waals surface area contributed by atoms with Gasteiger partial charge in [0.05, 0.1) is 24.1 Å². The average Bonchev–Trinajstić information content (AvgIpc) is 2.07. The fourth-order valence-corrected chi connectivity index (χ4v) is 0.880. The van der Waals surface area contributed by atoms with Crippen LogP contribution in [0.4, 0.5) is 5.82 Å². The van der Waals surface area contributed by atoms with Gasteiger partial charge in [-0.2, -0.15) is 0 Å². The Balaban J connectivity index is 2.68. The van der Waals surface area contributed by atoms with Crippen molar-refractivity contribution in [3.05, 3.63) is 29.2 Å². The highest BCUT2D eigenvalue weighted by molar-refractivity contribution is 6.29. The number of rotatable bonds is 3. The van der Waals surface area contributed by atoms with Crippen LogP contribution in [0.3, 0.4) is 0 Å². The molecule has 13 heavy (non-hydrogen) atoms. The molecule has 1 heterocycles. The lowest BCUT2D eigenvalue weighted by atomic mass is 10.3. The molecule has 0 bridgehead atoms.